The van der Waals surface area contributed by atoms with Gasteiger partial charge in [-0.25, -0.2) is 9.18 Å². The second-order valence-corrected chi connectivity index (χ2v) is 6.22. The minimum atomic E-state index is -0.602. The third-order valence-corrected chi connectivity index (χ3v) is 4.35. The summed E-state index contributed by atoms with van der Waals surface area (Å²) in [6.07, 6.45) is 2.00. The molecule has 3 aromatic rings. The molecule has 0 fully saturated rings. The van der Waals surface area contributed by atoms with Gasteiger partial charge in [0.2, 0.25) is 0 Å². The smallest absolute Gasteiger partial charge is 0.407 e. The molecule has 6 heteroatoms. The van der Waals surface area contributed by atoms with Crippen LogP contribution in [0.5, 0.6) is 0 Å². The number of carbonyl (C=O) groups excluding carboxylic acids is 1. The molecule has 0 radical (unpaired) electrons. The monoisotopic (exact) mass is 360 g/mol. The van der Waals surface area contributed by atoms with Crippen LogP contribution in [0.25, 0.3) is 10.9 Å². The molecule has 0 aliphatic carbocycles. The molecular weight excluding hydrogens is 343 g/mol. The Bertz CT molecular complexity index is 887. The molecule has 3 rings (SSSR count). The van der Waals surface area contributed by atoms with Crippen molar-refractivity contribution >= 4 is 28.6 Å². The second-order valence-electron chi connectivity index (χ2n) is 5.82. The summed E-state index contributed by atoms with van der Waals surface area (Å²) in [6, 6.07) is 10.5. The maximum absolute atomic E-state index is 13.6. The third kappa shape index (κ3) is 4.12. The predicted octanol–water partition coefficient (Wildman–Crippen LogP) is 4.74. The summed E-state index contributed by atoms with van der Waals surface area (Å²) in [4.78, 5) is 15.0. The second kappa shape index (κ2) is 7.57. The van der Waals surface area contributed by atoms with Gasteiger partial charge in [0.15, 0.2) is 0 Å². The summed E-state index contributed by atoms with van der Waals surface area (Å²) < 4.78 is 18.7. The summed E-state index contributed by atoms with van der Waals surface area (Å²) in [5, 5.41) is 4.05. The number of carbonyl (C=O) groups is 1. The first-order valence-electron chi connectivity index (χ1n) is 7.94. The number of aryl methyl sites for hydroxylation is 1. The SMILES string of the molecule is Cc1ccc2[nH]cc(CCNC(=O)OCc3c(F)cccc3Cl)c2c1. The van der Waals surface area contributed by atoms with Gasteiger partial charge in [0.05, 0.1) is 5.02 Å². The van der Waals surface area contributed by atoms with Crippen molar-refractivity contribution in [3.63, 3.8) is 0 Å². The first kappa shape index (κ1) is 17.3. The fraction of sp³-hybridized carbons (Fsp3) is 0.211. The number of ether oxygens (including phenoxy) is 1. The molecule has 0 aliphatic heterocycles. The van der Waals surface area contributed by atoms with Crippen molar-refractivity contribution in [3.8, 4) is 0 Å². The largest absolute Gasteiger partial charge is 0.445 e. The van der Waals surface area contributed by atoms with Crippen LogP contribution >= 0.6 is 11.6 Å². The van der Waals surface area contributed by atoms with Gasteiger partial charge in [0.1, 0.15) is 12.4 Å². The van der Waals surface area contributed by atoms with Crippen LogP contribution in [-0.2, 0) is 17.8 Å². The summed E-state index contributed by atoms with van der Waals surface area (Å²) in [5.74, 6) is -0.491. The number of benzene rings is 2. The van der Waals surface area contributed by atoms with Crippen LogP contribution < -0.4 is 5.32 Å². The zero-order valence-electron chi connectivity index (χ0n) is 13.7. The average Bonchev–Trinajstić information content (AvgIpc) is 2.97. The highest BCUT2D eigenvalue weighted by molar-refractivity contribution is 6.31. The number of amides is 1. The Balaban J connectivity index is 1.51. The van der Waals surface area contributed by atoms with Gasteiger partial charge in [-0.3, -0.25) is 0 Å². The van der Waals surface area contributed by atoms with Gasteiger partial charge in [-0.15, -0.1) is 0 Å². The Kier molecular flexibility index (Phi) is 5.24. The number of H-pyrrole nitrogens is 1. The summed E-state index contributed by atoms with van der Waals surface area (Å²) in [5.41, 5.74) is 3.54. The molecule has 4 nitrogen and oxygen atoms in total. The van der Waals surface area contributed by atoms with E-state index in [-0.39, 0.29) is 17.2 Å². The number of aromatic nitrogens is 1. The first-order valence-corrected chi connectivity index (χ1v) is 8.32. The van der Waals surface area contributed by atoms with Crippen molar-refractivity contribution in [1.82, 2.24) is 10.3 Å². The van der Waals surface area contributed by atoms with Gasteiger partial charge in [-0.2, -0.15) is 0 Å². The van der Waals surface area contributed by atoms with Crippen LogP contribution in [0, 0.1) is 12.7 Å². The summed E-state index contributed by atoms with van der Waals surface area (Å²) in [7, 11) is 0. The highest BCUT2D eigenvalue weighted by atomic mass is 35.5. The van der Waals surface area contributed by atoms with E-state index in [1.807, 2.05) is 25.3 Å². The zero-order chi connectivity index (χ0) is 17.8. The Morgan fingerprint density at radius 2 is 2.16 bits per heavy atom. The topological polar surface area (TPSA) is 54.1 Å². The van der Waals surface area contributed by atoms with E-state index in [1.54, 1.807) is 6.07 Å². The maximum Gasteiger partial charge on any atom is 0.407 e. The Hall–Kier alpha value is -2.53. The van der Waals surface area contributed by atoms with Gasteiger partial charge in [-0.1, -0.05) is 29.3 Å². The van der Waals surface area contributed by atoms with Crippen LogP contribution in [0.4, 0.5) is 9.18 Å². The van der Waals surface area contributed by atoms with E-state index in [0.29, 0.717) is 13.0 Å². The van der Waals surface area contributed by atoms with E-state index >= 15 is 0 Å². The molecule has 130 valence electrons. The fourth-order valence-electron chi connectivity index (χ4n) is 2.66. The lowest BCUT2D eigenvalue weighted by atomic mass is 10.1. The lowest BCUT2D eigenvalue weighted by molar-refractivity contribution is 0.138. The molecule has 0 unspecified atom stereocenters. The molecule has 1 aromatic heterocycles. The number of hydrogen-bond donors (Lipinski definition) is 2. The van der Waals surface area contributed by atoms with Gasteiger partial charge >= 0.3 is 6.09 Å². The number of alkyl carbamates (subject to hydrolysis) is 1. The number of aromatic amines is 1. The van der Waals surface area contributed by atoms with Crippen LogP contribution in [0.1, 0.15) is 16.7 Å². The summed E-state index contributed by atoms with van der Waals surface area (Å²) >= 11 is 5.90. The molecule has 0 saturated heterocycles. The number of rotatable bonds is 5. The van der Waals surface area contributed by atoms with E-state index in [4.69, 9.17) is 16.3 Å². The Morgan fingerprint density at radius 3 is 2.96 bits per heavy atom. The Morgan fingerprint density at radius 1 is 1.32 bits per heavy atom. The molecule has 0 bridgehead atoms. The molecule has 2 N–H and O–H groups in total. The van der Waals surface area contributed by atoms with Crippen molar-refractivity contribution in [3.05, 3.63) is 70.1 Å². The molecule has 25 heavy (non-hydrogen) atoms. The molecule has 0 aliphatic rings. The predicted molar refractivity (Wildman–Crippen MR) is 96.3 cm³/mol. The minimum Gasteiger partial charge on any atom is -0.445 e. The zero-order valence-corrected chi connectivity index (χ0v) is 14.5. The normalized spacial score (nSPS) is 10.8. The lowest BCUT2D eigenvalue weighted by Gasteiger charge is -2.09. The van der Waals surface area contributed by atoms with Crippen molar-refractivity contribution in [2.24, 2.45) is 0 Å². The maximum atomic E-state index is 13.6. The highest BCUT2D eigenvalue weighted by Crippen LogP contribution is 2.21. The molecule has 1 heterocycles. The quantitative estimate of drug-likeness (QED) is 0.690. The van der Waals surface area contributed by atoms with Crippen molar-refractivity contribution in [2.75, 3.05) is 6.54 Å². The molecule has 1 amide bonds. The van der Waals surface area contributed by atoms with Gasteiger partial charge in [0.25, 0.3) is 0 Å². The average molecular weight is 361 g/mol. The number of nitrogens with one attached hydrogen (secondary N) is 2. The van der Waals surface area contributed by atoms with E-state index in [1.165, 1.54) is 17.7 Å². The van der Waals surface area contributed by atoms with E-state index in [2.05, 4.69) is 16.4 Å². The molecule has 0 atom stereocenters. The number of halogens is 2. The van der Waals surface area contributed by atoms with Gasteiger partial charge in [-0.05, 0) is 43.2 Å². The van der Waals surface area contributed by atoms with E-state index in [0.717, 1.165) is 16.5 Å². The molecular formula is C19H18ClFN2O2. The molecule has 0 saturated carbocycles. The molecule has 2 aromatic carbocycles. The standard InChI is InChI=1S/C19H18ClFN2O2/c1-12-5-6-18-14(9-12)13(10-23-18)7-8-22-19(24)25-11-15-16(20)3-2-4-17(15)21/h2-6,9-10,23H,7-8,11H2,1H3,(H,22,24). The first-order chi connectivity index (χ1) is 12.0. The Labute approximate surface area is 149 Å². The van der Waals surface area contributed by atoms with Crippen LogP contribution in [0.3, 0.4) is 0 Å². The lowest BCUT2D eigenvalue weighted by Crippen LogP contribution is -2.26. The van der Waals surface area contributed by atoms with E-state index in [9.17, 15) is 9.18 Å². The number of hydrogen-bond acceptors (Lipinski definition) is 2. The van der Waals surface area contributed by atoms with E-state index < -0.39 is 11.9 Å². The van der Waals surface area contributed by atoms with Gasteiger partial charge < -0.3 is 15.0 Å². The third-order valence-electron chi connectivity index (χ3n) is 4.00. The minimum absolute atomic E-state index is 0.173. The van der Waals surface area contributed by atoms with Crippen molar-refractivity contribution < 1.29 is 13.9 Å². The number of fused-ring (bicyclic) bond motifs is 1. The van der Waals surface area contributed by atoms with Crippen LogP contribution in [0.15, 0.2) is 42.6 Å². The molecule has 0 spiro atoms. The van der Waals surface area contributed by atoms with Gasteiger partial charge in [0, 0.05) is 29.2 Å². The van der Waals surface area contributed by atoms with Crippen LogP contribution in [0.2, 0.25) is 5.02 Å². The highest BCUT2D eigenvalue weighted by Gasteiger charge is 2.10. The van der Waals surface area contributed by atoms with Crippen molar-refractivity contribution in [1.29, 1.82) is 0 Å². The summed E-state index contributed by atoms with van der Waals surface area (Å²) in [6.45, 7) is 2.26. The van der Waals surface area contributed by atoms with Crippen LogP contribution in [-0.4, -0.2) is 17.6 Å². The fourth-order valence-corrected chi connectivity index (χ4v) is 2.87. The van der Waals surface area contributed by atoms with Crippen molar-refractivity contribution in [2.45, 2.75) is 20.0 Å².